The first-order valence-corrected chi connectivity index (χ1v) is 11.6. The van der Waals surface area contributed by atoms with Gasteiger partial charge in [0.05, 0.1) is 12.1 Å². The van der Waals surface area contributed by atoms with E-state index >= 15 is 0 Å². The Hall–Kier alpha value is -1.72. The van der Waals surface area contributed by atoms with Crippen LogP contribution in [0.1, 0.15) is 82.8 Å². The molecule has 5 heteroatoms. The summed E-state index contributed by atoms with van der Waals surface area (Å²) in [5.74, 6) is 0.0359. The maximum Gasteiger partial charge on any atom is 0.220 e. The number of unbranched alkanes of at least 4 members (excludes halogenated alkanes) is 8. The van der Waals surface area contributed by atoms with Gasteiger partial charge in [-0.1, -0.05) is 74.9 Å². The third-order valence-corrected chi connectivity index (χ3v) is 5.60. The smallest absolute Gasteiger partial charge is 0.220 e. The molecule has 0 saturated heterocycles. The molecule has 172 valence electrons. The Morgan fingerprint density at radius 1 is 0.839 bits per heavy atom. The van der Waals surface area contributed by atoms with Crippen LogP contribution >= 0.6 is 0 Å². The molecule has 2 atom stereocenters. The summed E-state index contributed by atoms with van der Waals surface area (Å²) in [4.78, 5) is 12.1. The first kappa shape index (κ1) is 27.3. The summed E-state index contributed by atoms with van der Waals surface area (Å²) < 4.78 is 2.25. The predicted molar refractivity (Wildman–Crippen MR) is 122 cm³/mol. The number of rotatable bonds is 15. The number of aryl methyl sites for hydroxylation is 1. The van der Waals surface area contributed by atoms with Gasteiger partial charge in [0.2, 0.25) is 5.91 Å². The summed E-state index contributed by atoms with van der Waals surface area (Å²) in [7, 11) is 0. The summed E-state index contributed by atoms with van der Waals surface area (Å²) in [5.41, 5.74) is 0.837. The maximum absolute atomic E-state index is 12.1. The molecule has 0 aliphatic rings. The number of nitrogens with one attached hydrogen (secondary N) is 1. The second kappa shape index (κ2) is 16.9. The Labute approximate surface area is 198 Å². The van der Waals surface area contributed by atoms with Gasteiger partial charge in [-0.15, -0.1) is 0 Å². The topological polar surface area (TPSA) is 53.2 Å². The van der Waals surface area contributed by atoms with Crippen LogP contribution in [0, 0.1) is 0 Å². The zero-order chi connectivity index (χ0) is 21.4. The highest BCUT2D eigenvalue weighted by atomic mass is 79.9. The number of aromatic nitrogens is 1. The minimum absolute atomic E-state index is 0. The molecule has 0 aliphatic heterocycles. The van der Waals surface area contributed by atoms with Crippen LogP contribution in [-0.2, 0) is 11.3 Å². The minimum Gasteiger partial charge on any atom is -1.00 e. The van der Waals surface area contributed by atoms with E-state index in [4.69, 9.17) is 0 Å². The van der Waals surface area contributed by atoms with Crippen LogP contribution in [0.25, 0.3) is 0 Å². The fourth-order valence-corrected chi connectivity index (χ4v) is 3.74. The van der Waals surface area contributed by atoms with Gasteiger partial charge in [0, 0.05) is 25.0 Å². The molecule has 0 bridgehead atoms. The van der Waals surface area contributed by atoms with E-state index in [-0.39, 0.29) is 28.9 Å². The standard InChI is InChI=1S/C26H38N2O2.BrH/c1-23(26(30)24-17-11-9-12-18-24)27-25(29)19-13-7-5-3-2-4-6-8-14-20-28-21-15-10-16-22-28;/h9-12,15-18,21-23,26,30H,2-8,13-14,19-20H2,1H3;1H/t23-,26-;/m1./s1. The highest BCUT2D eigenvalue weighted by Crippen LogP contribution is 2.16. The second-order valence-electron chi connectivity index (χ2n) is 8.26. The van der Waals surface area contributed by atoms with Gasteiger partial charge in [0.1, 0.15) is 6.54 Å². The first-order valence-electron chi connectivity index (χ1n) is 11.6. The predicted octanol–water partition coefficient (Wildman–Crippen LogP) is 2.12. The molecular formula is C26H39BrN2O2. The van der Waals surface area contributed by atoms with Crippen molar-refractivity contribution in [3.8, 4) is 0 Å². The molecule has 2 aromatic rings. The number of hydrogen-bond acceptors (Lipinski definition) is 2. The minimum atomic E-state index is -0.665. The number of aliphatic hydroxyl groups is 1. The molecule has 2 N–H and O–H groups in total. The first-order chi connectivity index (χ1) is 14.7. The van der Waals surface area contributed by atoms with Gasteiger partial charge in [0.25, 0.3) is 0 Å². The normalized spacial score (nSPS) is 12.6. The van der Waals surface area contributed by atoms with Gasteiger partial charge < -0.3 is 27.4 Å². The monoisotopic (exact) mass is 490 g/mol. The average molecular weight is 492 g/mol. The Bertz CT molecular complexity index is 697. The van der Waals surface area contributed by atoms with Crippen LogP contribution in [0.2, 0.25) is 0 Å². The van der Waals surface area contributed by atoms with Gasteiger partial charge >= 0.3 is 0 Å². The fraction of sp³-hybridized carbons (Fsp3) is 0.538. The SMILES string of the molecule is C[C@@H](NC(=O)CCCCCCCCCCC[n+]1ccccc1)[C@@H](O)c1ccccc1.[Br-]. The van der Waals surface area contributed by atoms with E-state index in [1.807, 2.05) is 37.3 Å². The molecule has 1 amide bonds. The number of carbonyl (C=O) groups excluding carboxylic acids is 1. The molecule has 0 spiro atoms. The van der Waals surface area contributed by atoms with Crippen molar-refractivity contribution in [3.05, 3.63) is 66.5 Å². The largest absolute Gasteiger partial charge is 1.00 e. The Morgan fingerprint density at radius 3 is 1.97 bits per heavy atom. The van der Waals surface area contributed by atoms with Crippen LogP contribution in [0.3, 0.4) is 0 Å². The summed E-state index contributed by atoms with van der Waals surface area (Å²) in [6, 6.07) is 15.4. The lowest BCUT2D eigenvalue weighted by Crippen LogP contribution is -3.00. The molecule has 0 radical (unpaired) electrons. The number of amides is 1. The van der Waals surface area contributed by atoms with Gasteiger partial charge in [-0.05, 0) is 25.3 Å². The van der Waals surface area contributed by atoms with E-state index in [9.17, 15) is 9.90 Å². The molecule has 0 saturated carbocycles. The number of hydrogen-bond donors (Lipinski definition) is 2. The van der Waals surface area contributed by atoms with E-state index in [0.717, 1.165) is 24.9 Å². The van der Waals surface area contributed by atoms with E-state index in [1.54, 1.807) is 0 Å². The molecule has 1 aromatic carbocycles. The van der Waals surface area contributed by atoms with E-state index in [0.29, 0.717) is 6.42 Å². The van der Waals surface area contributed by atoms with Crippen molar-refractivity contribution in [2.24, 2.45) is 0 Å². The molecule has 0 unspecified atom stereocenters. The number of halogens is 1. The molecule has 0 aliphatic carbocycles. The number of benzene rings is 1. The number of nitrogens with zero attached hydrogens (tertiary/aromatic N) is 1. The van der Waals surface area contributed by atoms with Crippen molar-refractivity contribution in [2.75, 3.05) is 0 Å². The van der Waals surface area contributed by atoms with Crippen molar-refractivity contribution >= 4 is 5.91 Å². The van der Waals surface area contributed by atoms with Crippen LogP contribution in [0.15, 0.2) is 60.9 Å². The fourth-order valence-electron chi connectivity index (χ4n) is 3.74. The van der Waals surface area contributed by atoms with Gasteiger partial charge in [-0.3, -0.25) is 4.79 Å². The van der Waals surface area contributed by atoms with Crippen molar-refractivity contribution in [1.29, 1.82) is 0 Å². The van der Waals surface area contributed by atoms with Gasteiger partial charge in [-0.25, -0.2) is 4.57 Å². The van der Waals surface area contributed by atoms with Crippen molar-refractivity contribution in [2.45, 2.75) is 89.8 Å². The quantitative estimate of drug-likeness (QED) is 0.296. The van der Waals surface area contributed by atoms with Crippen LogP contribution in [0.5, 0.6) is 0 Å². The molecule has 1 aromatic heterocycles. The number of pyridine rings is 1. The molecule has 31 heavy (non-hydrogen) atoms. The van der Waals surface area contributed by atoms with Gasteiger partial charge in [0.15, 0.2) is 12.4 Å². The van der Waals surface area contributed by atoms with Crippen molar-refractivity contribution < 1.29 is 31.4 Å². The number of carbonyl (C=O) groups is 1. The Balaban J connectivity index is 0.00000480. The Morgan fingerprint density at radius 2 is 1.35 bits per heavy atom. The summed E-state index contributed by atoms with van der Waals surface area (Å²) in [6.07, 6.45) is 15.1. The lowest BCUT2D eigenvalue weighted by molar-refractivity contribution is -0.697. The van der Waals surface area contributed by atoms with Crippen LogP contribution in [-0.4, -0.2) is 17.1 Å². The lowest BCUT2D eigenvalue weighted by Gasteiger charge is -2.20. The average Bonchev–Trinajstić information content (AvgIpc) is 2.78. The highest BCUT2D eigenvalue weighted by molar-refractivity contribution is 5.76. The maximum atomic E-state index is 12.1. The molecular weight excluding hydrogens is 452 g/mol. The third-order valence-electron chi connectivity index (χ3n) is 5.60. The summed E-state index contributed by atoms with van der Waals surface area (Å²) in [5, 5.41) is 13.3. The Kier molecular flexibility index (Phi) is 14.9. The van der Waals surface area contributed by atoms with Crippen molar-refractivity contribution in [1.82, 2.24) is 5.32 Å². The van der Waals surface area contributed by atoms with E-state index < -0.39 is 6.10 Å². The van der Waals surface area contributed by atoms with Gasteiger partial charge in [-0.2, -0.15) is 0 Å². The summed E-state index contributed by atoms with van der Waals surface area (Å²) >= 11 is 0. The lowest BCUT2D eigenvalue weighted by atomic mass is 10.0. The zero-order valence-electron chi connectivity index (χ0n) is 18.9. The van der Waals surface area contributed by atoms with Crippen molar-refractivity contribution in [3.63, 3.8) is 0 Å². The molecule has 1 heterocycles. The van der Waals surface area contributed by atoms with E-state index in [1.165, 1.54) is 44.9 Å². The zero-order valence-corrected chi connectivity index (χ0v) is 20.5. The van der Waals surface area contributed by atoms with Crippen LogP contribution < -0.4 is 26.9 Å². The highest BCUT2D eigenvalue weighted by Gasteiger charge is 2.17. The number of aliphatic hydroxyl groups excluding tert-OH is 1. The summed E-state index contributed by atoms with van der Waals surface area (Å²) in [6.45, 7) is 2.97. The van der Waals surface area contributed by atoms with Crippen LogP contribution in [0.4, 0.5) is 0 Å². The van der Waals surface area contributed by atoms with E-state index in [2.05, 4.69) is 40.5 Å². The molecule has 4 nitrogen and oxygen atoms in total. The molecule has 2 rings (SSSR count). The third kappa shape index (κ3) is 12.0. The molecule has 0 fully saturated rings. The second-order valence-corrected chi connectivity index (χ2v) is 8.26.